The molecule has 0 aromatic rings. The van der Waals surface area contributed by atoms with Crippen LogP contribution in [0.2, 0.25) is 0 Å². The van der Waals surface area contributed by atoms with Gasteiger partial charge < -0.3 is 9.47 Å². The van der Waals surface area contributed by atoms with E-state index in [0.29, 0.717) is 5.92 Å². The summed E-state index contributed by atoms with van der Waals surface area (Å²) in [5, 5.41) is 0. The average molecular weight is 356 g/mol. The fourth-order valence-electron chi connectivity index (χ4n) is 2.28. The molecule has 0 radical (unpaired) electrons. The van der Waals surface area contributed by atoms with Gasteiger partial charge in [0.25, 0.3) is 0 Å². The van der Waals surface area contributed by atoms with Crippen molar-refractivity contribution in [1.29, 1.82) is 0 Å². The Labute approximate surface area is 115 Å². The van der Waals surface area contributed by atoms with Gasteiger partial charge in [-0.3, -0.25) is 0 Å². The Morgan fingerprint density at radius 1 is 1.44 bits per heavy atom. The third-order valence-corrected chi connectivity index (χ3v) is 5.40. The number of alkyl halides is 2. The molecule has 0 N–H and O–H groups in total. The van der Waals surface area contributed by atoms with Crippen molar-refractivity contribution in [3.63, 3.8) is 0 Å². The first-order valence-electron chi connectivity index (χ1n) is 6.20. The Morgan fingerprint density at radius 3 is 2.75 bits per heavy atom. The Kier molecular flexibility index (Phi) is 4.73. The molecule has 0 amide bonds. The van der Waals surface area contributed by atoms with Gasteiger partial charge in [-0.25, -0.2) is 0 Å². The van der Waals surface area contributed by atoms with Gasteiger partial charge in [0.2, 0.25) is 0 Å². The van der Waals surface area contributed by atoms with Crippen LogP contribution in [0.25, 0.3) is 0 Å². The van der Waals surface area contributed by atoms with Gasteiger partial charge in [0.05, 0.1) is 3.23 Å². The average Bonchev–Trinajstić information content (AvgIpc) is 2.89. The van der Waals surface area contributed by atoms with E-state index < -0.39 is 0 Å². The fourth-order valence-corrected chi connectivity index (χ4v) is 3.88. The van der Waals surface area contributed by atoms with Crippen LogP contribution in [0.15, 0.2) is 0 Å². The van der Waals surface area contributed by atoms with Gasteiger partial charge in [-0.1, -0.05) is 38.8 Å². The molecule has 1 heterocycles. The van der Waals surface area contributed by atoms with Gasteiger partial charge in [0.1, 0.15) is 0 Å². The lowest BCUT2D eigenvalue weighted by atomic mass is 10.0. The van der Waals surface area contributed by atoms with Gasteiger partial charge in [-0.05, 0) is 43.9 Å². The second-order valence-electron chi connectivity index (χ2n) is 5.00. The minimum Gasteiger partial charge on any atom is -0.353 e. The third kappa shape index (κ3) is 3.69. The maximum absolute atomic E-state index is 5.75. The Morgan fingerprint density at radius 2 is 2.19 bits per heavy atom. The molecule has 0 aromatic carbocycles. The van der Waals surface area contributed by atoms with Crippen molar-refractivity contribution in [3.05, 3.63) is 0 Å². The van der Waals surface area contributed by atoms with E-state index in [1.54, 1.807) is 0 Å². The SMILES string of the molecule is C[C@H](CCOC1CCCCO1)C1CC1(Br)Br. The van der Waals surface area contributed by atoms with Gasteiger partial charge in [0, 0.05) is 13.2 Å². The Hall–Kier alpha value is 0.880. The van der Waals surface area contributed by atoms with Crippen molar-refractivity contribution >= 4 is 31.9 Å². The Bertz CT molecular complexity index is 227. The van der Waals surface area contributed by atoms with Crippen LogP contribution in [0.5, 0.6) is 0 Å². The smallest absolute Gasteiger partial charge is 0.157 e. The summed E-state index contributed by atoms with van der Waals surface area (Å²) in [6.07, 6.45) is 5.93. The van der Waals surface area contributed by atoms with E-state index in [4.69, 9.17) is 9.47 Å². The van der Waals surface area contributed by atoms with Crippen LogP contribution in [0.3, 0.4) is 0 Å². The van der Waals surface area contributed by atoms with Crippen molar-refractivity contribution in [1.82, 2.24) is 0 Å². The van der Waals surface area contributed by atoms with Crippen molar-refractivity contribution < 1.29 is 9.47 Å². The van der Waals surface area contributed by atoms with Gasteiger partial charge >= 0.3 is 0 Å². The number of rotatable bonds is 5. The van der Waals surface area contributed by atoms with Crippen molar-refractivity contribution in [2.24, 2.45) is 11.8 Å². The van der Waals surface area contributed by atoms with Crippen molar-refractivity contribution in [2.75, 3.05) is 13.2 Å². The molecule has 0 aromatic heterocycles. The first-order chi connectivity index (χ1) is 7.59. The molecular formula is C12H20Br2O2. The number of halogens is 2. The highest BCUT2D eigenvalue weighted by Gasteiger charge is 2.52. The van der Waals surface area contributed by atoms with Crippen LogP contribution in [-0.2, 0) is 9.47 Å². The molecule has 2 aliphatic rings. The lowest BCUT2D eigenvalue weighted by molar-refractivity contribution is -0.164. The summed E-state index contributed by atoms with van der Waals surface area (Å²) in [5.74, 6) is 1.46. The first-order valence-corrected chi connectivity index (χ1v) is 7.79. The molecule has 2 rings (SSSR count). The summed E-state index contributed by atoms with van der Waals surface area (Å²) in [6, 6.07) is 0. The minimum absolute atomic E-state index is 0.0675. The predicted molar refractivity (Wildman–Crippen MR) is 72.0 cm³/mol. The Balaban J connectivity index is 1.57. The van der Waals surface area contributed by atoms with E-state index in [1.165, 1.54) is 19.3 Å². The zero-order valence-corrected chi connectivity index (χ0v) is 12.9. The molecular weight excluding hydrogens is 336 g/mol. The summed E-state index contributed by atoms with van der Waals surface area (Å²) in [4.78, 5) is 0. The van der Waals surface area contributed by atoms with Crippen molar-refractivity contribution in [3.8, 4) is 0 Å². The molecule has 94 valence electrons. The summed E-state index contributed by atoms with van der Waals surface area (Å²) in [5.41, 5.74) is 0. The second-order valence-corrected chi connectivity index (χ2v) is 8.90. The van der Waals surface area contributed by atoms with E-state index in [-0.39, 0.29) is 9.52 Å². The largest absolute Gasteiger partial charge is 0.353 e. The molecule has 16 heavy (non-hydrogen) atoms. The van der Waals surface area contributed by atoms with Gasteiger partial charge in [-0.2, -0.15) is 0 Å². The molecule has 2 nitrogen and oxygen atoms in total. The minimum atomic E-state index is 0.0675. The molecule has 0 spiro atoms. The van der Waals surface area contributed by atoms with E-state index >= 15 is 0 Å². The molecule has 2 fully saturated rings. The van der Waals surface area contributed by atoms with Crippen LogP contribution in [-0.4, -0.2) is 22.7 Å². The number of hydrogen-bond acceptors (Lipinski definition) is 2. The fraction of sp³-hybridized carbons (Fsp3) is 1.00. The van der Waals surface area contributed by atoms with Crippen LogP contribution >= 0.6 is 31.9 Å². The van der Waals surface area contributed by atoms with Gasteiger partial charge in [-0.15, -0.1) is 0 Å². The van der Waals surface area contributed by atoms with Crippen LogP contribution in [0.4, 0.5) is 0 Å². The quantitative estimate of drug-likeness (QED) is 0.692. The van der Waals surface area contributed by atoms with Crippen LogP contribution < -0.4 is 0 Å². The molecule has 1 saturated carbocycles. The molecule has 3 atom stereocenters. The maximum Gasteiger partial charge on any atom is 0.157 e. The van der Waals surface area contributed by atoms with Crippen LogP contribution in [0, 0.1) is 11.8 Å². The molecule has 4 heteroatoms. The summed E-state index contributed by atoms with van der Waals surface area (Å²) in [6.45, 7) is 4.01. The van der Waals surface area contributed by atoms with E-state index in [0.717, 1.165) is 32.0 Å². The summed E-state index contributed by atoms with van der Waals surface area (Å²) < 4.78 is 11.5. The molecule has 2 unspecified atom stereocenters. The topological polar surface area (TPSA) is 18.5 Å². The number of ether oxygens (including phenoxy) is 2. The standard InChI is InChI=1S/C12H20Br2O2/c1-9(10-8-12(10,13)14)5-7-16-11-4-2-3-6-15-11/h9-11H,2-8H2,1H3/t9-,10?,11?/m1/s1. The lowest BCUT2D eigenvalue weighted by Crippen LogP contribution is -2.23. The van der Waals surface area contributed by atoms with E-state index in [2.05, 4.69) is 38.8 Å². The predicted octanol–water partition coefficient (Wildman–Crippen LogP) is 4.06. The normalized spacial score (nSPS) is 34.7. The van der Waals surface area contributed by atoms with Gasteiger partial charge in [0.15, 0.2) is 6.29 Å². The van der Waals surface area contributed by atoms with E-state index in [9.17, 15) is 0 Å². The van der Waals surface area contributed by atoms with Crippen molar-refractivity contribution in [2.45, 2.75) is 48.6 Å². The first kappa shape index (κ1) is 13.3. The third-order valence-electron chi connectivity index (χ3n) is 3.58. The monoisotopic (exact) mass is 354 g/mol. The lowest BCUT2D eigenvalue weighted by Gasteiger charge is -2.23. The second kappa shape index (κ2) is 5.68. The molecule has 0 bridgehead atoms. The molecule has 1 aliphatic carbocycles. The highest BCUT2D eigenvalue weighted by Crippen LogP contribution is 2.60. The molecule has 1 saturated heterocycles. The highest BCUT2D eigenvalue weighted by atomic mass is 79.9. The summed E-state index contributed by atoms with van der Waals surface area (Å²) in [7, 11) is 0. The summed E-state index contributed by atoms with van der Waals surface area (Å²) >= 11 is 7.35. The molecule has 1 aliphatic heterocycles. The van der Waals surface area contributed by atoms with Crippen LogP contribution in [0.1, 0.15) is 39.0 Å². The van der Waals surface area contributed by atoms with E-state index in [1.807, 2.05) is 0 Å². The zero-order chi connectivity index (χ0) is 11.6. The number of hydrogen-bond donors (Lipinski definition) is 0. The highest BCUT2D eigenvalue weighted by molar-refractivity contribution is 9.25. The zero-order valence-electron chi connectivity index (χ0n) is 9.75. The maximum atomic E-state index is 5.75.